The fourth-order valence-corrected chi connectivity index (χ4v) is 1.33. The molecule has 0 aliphatic heterocycles. The van der Waals surface area contributed by atoms with Crippen molar-refractivity contribution in [1.29, 1.82) is 5.26 Å². The molecule has 0 spiro atoms. The minimum absolute atomic E-state index is 0.565. The fourth-order valence-electron chi connectivity index (χ4n) is 1.33. The van der Waals surface area contributed by atoms with Gasteiger partial charge in [0, 0.05) is 6.04 Å². The minimum Gasteiger partial charge on any atom is -0.507 e. The normalized spacial score (nSPS) is 15.1. The van der Waals surface area contributed by atoms with Crippen LogP contribution < -0.4 is 5.73 Å². The van der Waals surface area contributed by atoms with Crippen LogP contribution in [0.4, 0.5) is 13.2 Å². The average Bonchev–Trinajstić information content (AvgIpc) is 2.25. The van der Waals surface area contributed by atoms with Gasteiger partial charge in [0.05, 0.1) is 5.56 Å². The molecule has 0 atom stereocenters. The number of nitrogens with zero attached hydrogens (tertiary/aromatic N) is 1. The summed E-state index contributed by atoms with van der Waals surface area (Å²) >= 11 is 0. The molecule has 0 unspecified atom stereocenters. The van der Waals surface area contributed by atoms with Gasteiger partial charge < -0.3 is 10.8 Å². The number of nitrogens with two attached hydrogens (primary N) is 1. The predicted molar refractivity (Wildman–Crippen MR) is 59.7 cm³/mol. The van der Waals surface area contributed by atoms with E-state index in [1.807, 2.05) is 0 Å². The second kappa shape index (κ2) is 5.74. The van der Waals surface area contributed by atoms with Gasteiger partial charge in [-0.25, -0.2) is 0 Å². The summed E-state index contributed by atoms with van der Waals surface area (Å²) in [7, 11) is 0. The van der Waals surface area contributed by atoms with Crippen molar-refractivity contribution in [1.82, 2.24) is 0 Å². The zero-order valence-corrected chi connectivity index (χ0v) is 9.54. The molecule has 98 valence electrons. The summed E-state index contributed by atoms with van der Waals surface area (Å²) in [6, 6.07) is 4.69. The van der Waals surface area contributed by atoms with Gasteiger partial charge in [0.25, 0.3) is 0 Å². The van der Waals surface area contributed by atoms with Crippen molar-refractivity contribution in [2.24, 2.45) is 5.73 Å². The molecule has 1 aliphatic rings. The van der Waals surface area contributed by atoms with E-state index in [0.29, 0.717) is 6.04 Å². The first-order valence-corrected chi connectivity index (χ1v) is 5.41. The summed E-state index contributed by atoms with van der Waals surface area (Å²) in [5.74, 6) is -0.655. The smallest absolute Gasteiger partial charge is 0.417 e. The number of phenols is 1. The molecule has 0 heterocycles. The number of phenolic OH excluding ortho intramolecular Hbond substituents is 1. The molecular weight excluding hydrogens is 245 g/mol. The zero-order chi connectivity index (χ0) is 13.8. The number of aromatic hydroxyl groups is 1. The van der Waals surface area contributed by atoms with Crippen molar-refractivity contribution in [2.75, 3.05) is 0 Å². The van der Waals surface area contributed by atoms with Crippen LogP contribution in [0.5, 0.6) is 5.75 Å². The lowest BCUT2D eigenvalue weighted by Gasteiger charge is -2.18. The van der Waals surface area contributed by atoms with E-state index in [9.17, 15) is 13.2 Å². The van der Waals surface area contributed by atoms with Gasteiger partial charge in [-0.3, -0.25) is 0 Å². The number of nitriles is 1. The van der Waals surface area contributed by atoms with Crippen LogP contribution >= 0.6 is 0 Å². The lowest BCUT2D eigenvalue weighted by Crippen LogP contribution is -2.27. The molecule has 0 bridgehead atoms. The van der Waals surface area contributed by atoms with Crippen LogP contribution in [-0.2, 0) is 6.18 Å². The van der Waals surface area contributed by atoms with Gasteiger partial charge in [-0.05, 0) is 25.0 Å². The number of benzene rings is 1. The molecular formula is C12H13F3N2O. The van der Waals surface area contributed by atoms with Gasteiger partial charge in [0.1, 0.15) is 17.4 Å². The van der Waals surface area contributed by atoms with E-state index < -0.39 is 23.1 Å². The summed E-state index contributed by atoms with van der Waals surface area (Å²) in [6.07, 6.45) is -0.717. The van der Waals surface area contributed by atoms with Crippen molar-refractivity contribution >= 4 is 0 Å². The first-order chi connectivity index (χ1) is 8.36. The molecule has 0 radical (unpaired) electrons. The number of hydrogen-bond acceptors (Lipinski definition) is 3. The van der Waals surface area contributed by atoms with E-state index in [0.717, 1.165) is 18.2 Å². The average molecular weight is 258 g/mol. The Morgan fingerprint density at radius 2 is 1.89 bits per heavy atom. The van der Waals surface area contributed by atoms with E-state index >= 15 is 0 Å². The molecule has 1 aliphatic carbocycles. The van der Waals surface area contributed by atoms with Crippen molar-refractivity contribution in [3.05, 3.63) is 29.3 Å². The molecule has 6 heteroatoms. The molecule has 3 N–H and O–H groups in total. The fraction of sp³-hybridized carbons (Fsp3) is 0.417. The van der Waals surface area contributed by atoms with Gasteiger partial charge in [-0.2, -0.15) is 18.4 Å². The van der Waals surface area contributed by atoms with Crippen LogP contribution in [0.3, 0.4) is 0 Å². The lowest BCUT2D eigenvalue weighted by atomic mass is 9.95. The van der Waals surface area contributed by atoms with E-state index in [1.54, 1.807) is 0 Å². The number of alkyl halides is 3. The SMILES string of the molecule is N#Cc1c(O)cccc1C(F)(F)F.NC1CCC1. The topological polar surface area (TPSA) is 70.0 Å². The number of hydrogen-bond donors (Lipinski definition) is 2. The largest absolute Gasteiger partial charge is 0.507 e. The maximum absolute atomic E-state index is 12.2. The number of rotatable bonds is 0. The zero-order valence-electron chi connectivity index (χ0n) is 9.54. The Kier molecular flexibility index (Phi) is 4.56. The molecule has 1 fully saturated rings. The Balaban J connectivity index is 0.000000269. The van der Waals surface area contributed by atoms with E-state index in [1.165, 1.54) is 25.3 Å². The molecule has 0 amide bonds. The van der Waals surface area contributed by atoms with Crippen molar-refractivity contribution < 1.29 is 18.3 Å². The van der Waals surface area contributed by atoms with Gasteiger partial charge in [-0.15, -0.1) is 0 Å². The molecule has 2 rings (SSSR count). The first kappa shape index (κ1) is 14.3. The maximum atomic E-state index is 12.2. The summed E-state index contributed by atoms with van der Waals surface area (Å²) < 4.78 is 36.5. The van der Waals surface area contributed by atoms with Crippen LogP contribution in [0.15, 0.2) is 18.2 Å². The van der Waals surface area contributed by atoms with Crippen LogP contribution in [0.1, 0.15) is 30.4 Å². The second-order valence-electron chi connectivity index (χ2n) is 4.00. The highest BCUT2D eigenvalue weighted by atomic mass is 19.4. The Hall–Kier alpha value is -1.74. The third-order valence-electron chi connectivity index (χ3n) is 2.61. The number of halogens is 3. The molecule has 18 heavy (non-hydrogen) atoms. The van der Waals surface area contributed by atoms with Gasteiger partial charge in [-0.1, -0.05) is 12.5 Å². The van der Waals surface area contributed by atoms with Crippen molar-refractivity contribution in [3.8, 4) is 11.8 Å². The molecule has 1 aromatic carbocycles. The third-order valence-corrected chi connectivity index (χ3v) is 2.61. The Bertz CT molecular complexity index is 448. The maximum Gasteiger partial charge on any atom is 0.417 e. The van der Waals surface area contributed by atoms with Gasteiger partial charge >= 0.3 is 6.18 Å². The van der Waals surface area contributed by atoms with E-state index in [4.69, 9.17) is 16.1 Å². The Morgan fingerprint density at radius 1 is 1.33 bits per heavy atom. The summed E-state index contributed by atoms with van der Waals surface area (Å²) in [5.41, 5.74) is 3.52. The lowest BCUT2D eigenvalue weighted by molar-refractivity contribution is -0.137. The second-order valence-corrected chi connectivity index (χ2v) is 4.00. The van der Waals surface area contributed by atoms with E-state index in [2.05, 4.69) is 0 Å². The standard InChI is InChI=1S/C8H4F3NO.C4H9N/c9-8(10,11)6-2-1-3-7(13)5(6)4-12;5-4-2-1-3-4/h1-3,13H;4H,1-3,5H2. The van der Waals surface area contributed by atoms with Crippen molar-refractivity contribution in [2.45, 2.75) is 31.5 Å². The van der Waals surface area contributed by atoms with Crippen LogP contribution in [-0.4, -0.2) is 11.1 Å². The molecule has 1 saturated carbocycles. The summed E-state index contributed by atoms with van der Waals surface area (Å²) in [5, 5.41) is 17.3. The molecule has 3 nitrogen and oxygen atoms in total. The third kappa shape index (κ3) is 3.64. The Morgan fingerprint density at radius 3 is 2.17 bits per heavy atom. The Labute approximate surface area is 103 Å². The molecule has 0 aromatic heterocycles. The first-order valence-electron chi connectivity index (χ1n) is 5.41. The van der Waals surface area contributed by atoms with Crippen LogP contribution in [0.25, 0.3) is 0 Å². The summed E-state index contributed by atoms with van der Waals surface area (Å²) in [4.78, 5) is 0. The molecule has 1 aromatic rings. The highest BCUT2D eigenvalue weighted by molar-refractivity contribution is 5.49. The van der Waals surface area contributed by atoms with E-state index in [-0.39, 0.29) is 0 Å². The highest BCUT2D eigenvalue weighted by Gasteiger charge is 2.34. The summed E-state index contributed by atoms with van der Waals surface area (Å²) in [6.45, 7) is 0. The van der Waals surface area contributed by atoms with Crippen LogP contribution in [0, 0.1) is 11.3 Å². The van der Waals surface area contributed by atoms with Crippen molar-refractivity contribution in [3.63, 3.8) is 0 Å². The predicted octanol–water partition coefficient (Wildman–Crippen LogP) is 2.78. The minimum atomic E-state index is -4.61. The van der Waals surface area contributed by atoms with Gasteiger partial charge in [0.2, 0.25) is 0 Å². The quantitative estimate of drug-likeness (QED) is 0.751. The van der Waals surface area contributed by atoms with Gasteiger partial charge in [0.15, 0.2) is 0 Å². The highest BCUT2D eigenvalue weighted by Crippen LogP contribution is 2.34. The van der Waals surface area contributed by atoms with Crippen LogP contribution in [0.2, 0.25) is 0 Å². The molecule has 0 saturated heterocycles. The monoisotopic (exact) mass is 258 g/mol.